The molecular weight excluding hydrogens is 318 g/mol. The third kappa shape index (κ3) is 2.22. The highest BCUT2D eigenvalue weighted by Gasteiger charge is 2.80. The van der Waals surface area contributed by atoms with Gasteiger partial charge in [-0.2, -0.15) is 0 Å². The van der Waals surface area contributed by atoms with Crippen molar-refractivity contribution in [2.45, 2.75) is 50.5 Å². The Hall–Kier alpha value is -0.570. The van der Waals surface area contributed by atoms with E-state index in [1.165, 1.54) is 57.2 Å². The van der Waals surface area contributed by atoms with Crippen molar-refractivity contribution in [3.8, 4) is 0 Å². The lowest BCUT2D eigenvalue weighted by molar-refractivity contribution is -0.0595. The van der Waals surface area contributed by atoms with Gasteiger partial charge in [0.1, 0.15) is 0 Å². The van der Waals surface area contributed by atoms with Crippen molar-refractivity contribution in [1.82, 2.24) is 4.90 Å². The van der Waals surface area contributed by atoms with Gasteiger partial charge in [0.15, 0.2) is 0 Å². The minimum Gasteiger partial charge on any atom is -0.385 e. The number of rotatable bonds is 5. The molecule has 1 heterocycles. The van der Waals surface area contributed by atoms with E-state index in [9.17, 15) is 5.11 Å². The van der Waals surface area contributed by atoms with Crippen LogP contribution in [0.2, 0.25) is 0 Å². The van der Waals surface area contributed by atoms with E-state index in [4.69, 9.17) is 0 Å². The molecule has 1 aromatic rings. The fourth-order valence-electron chi connectivity index (χ4n) is 6.76. The molecule has 4 aliphatic carbocycles. The Bertz CT molecular complexity index is 573. The summed E-state index contributed by atoms with van der Waals surface area (Å²) >= 11 is 0. The number of piperidine rings is 1. The van der Waals surface area contributed by atoms with Crippen LogP contribution in [0.3, 0.4) is 0 Å². The van der Waals surface area contributed by atoms with Gasteiger partial charge in [-0.25, -0.2) is 0 Å². The lowest BCUT2D eigenvalue weighted by atomic mass is 9.74. The fraction of sp³-hybridized carbons (Fsp3) is 0.714. The maximum absolute atomic E-state index is 12.0. The molecule has 5 aliphatic rings. The molecule has 1 saturated heterocycles. The molecule has 132 valence electrons. The largest absolute Gasteiger partial charge is 0.385 e. The molecule has 4 bridgehead atoms. The third-order valence-corrected chi connectivity index (χ3v) is 7.76. The van der Waals surface area contributed by atoms with E-state index in [1.807, 2.05) is 0 Å². The average molecular weight is 348 g/mol. The van der Waals surface area contributed by atoms with Gasteiger partial charge in [0.25, 0.3) is 0 Å². The molecule has 0 aromatic heterocycles. The van der Waals surface area contributed by atoms with E-state index in [1.54, 1.807) is 0 Å². The van der Waals surface area contributed by atoms with Crippen molar-refractivity contribution in [3.05, 3.63) is 35.9 Å². The molecule has 3 atom stereocenters. The van der Waals surface area contributed by atoms with E-state index < -0.39 is 5.60 Å². The predicted molar refractivity (Wildman–Crippen MR) is 99.2 cm³/mol. The Morgan fingerprint density at radius 1 is 1.04 bits per heavy atom. The van der Waals surface area contributed by atoms with Gasteiger partial charge in [-0.3, -0.25) is 0 Å². The van der Waals surface area contributed by atoms with E-state index in [0.717, 1.165) is 30.7 Å². The Labute approximate surface area is 152 Å². The number of nitrogens with zero attached hydrogens (tertiary/aromatic N) is 1. The first-order chi connectivity index (χ1) is 11.2. The third-order valence-electron chi connectivity index (χ3n) is 7.76. The van der Waals surface area contributed by atoms with Crippen molar-refractivity contribution >= 4 is 12.4 Å². The topological polar surface area (TPSA) is 23.5 Å². The van der Waals surface area contributed by atoms with Gasteiger partial charge in [0.2, 0.25) is 0 Å². The van der Waals surface area contributed by atoms with E-state index in [2.05, 4.69) is 35.2 Å². The summed E-state index contributed by atoms with van der Waals surface area (Å²) in [6, 6.07) is 10.6. The minimum atomic E-state index is -0.591. The summed E-state index contributed by atoms with van der Waals surface area (Å²) in [6.45, 7) is 3.53. The van der Waals surface area contributed by atoms with Gasteiger partial charge in [-0.05, 0) is 74.9 Å². The maximum atomic E-state index is 12.0. The second kappa shape index (κ2) is 6.00. The number of hydrogen-bond donors (Lipinski definition) is 1. The first kappa shape index (κ1) is 16.9. The van der Waals surface area contributed by atoms with Gasteiger partial charge >= 0.3 is 0 Å². The van der Waals surface area contributed by atoms with Crippen LogP contribution >= 0.6 is 12.4 Å². The molecule has 4 saturated carbocycles. The number of hydrogen-bond acceptors (Lipinski definition) is 2. The summed E-state index contributed by atoms with van der Waals surface area (Å²) in [5.74, 6) is 2.55. The zero-order valence-corrected chi connectivity index (χ0v) is 15.3. The summed E-state index contributed by atoms with van der Waals surface area (Å²) < 4.78 is 0. The lowest BCUT2D eigenvalue weighted by Gasteiger charge is -2.39. The number of benzene rings is 1. The van der Waals surface area contributed by atoms with Gasteiger partial charge < -0.3 is 10.0 Å². The predicted octanol–water partition coefficient (Wildman–Crippen LogP) is 4.22. The highest BCUT2D eigenvalue weighted by molar-refractivity contribution is 5.85. The fourth-order valence-corrected chi connectivity index (χ4v) is 6.76. The molecule has 1 aliphatic heterocycles. The molecule has 3 heteroatoms. The average Bonchev–Trinajstić information content (AvgIpc) is 3.07. The molecular formula is C21H30ClNO. The molecule has 1 N–H and O–H groups in total. The van der Waals surface area contributed by atoms with Crippen LogP contribution in [-0.4, -0.2) is 29.6 Å². The first-order valence-electron chi connectivity index (χ1n) is 9.74. The van der Waals surface area contributed by atoms with Crippen molar-refractivity contribution < 1.29 is 5.11 Å². The second-order valence-corrected chi connectivity index (χ2v) is 8.67. The molecule has 6 rings (SSSR count). The minimum absolute atomic E-state index is 0. The Balaban J connectivity index is 0.00000146. The summed E-state index contributed by atoms with van der Waals surface area (Å²) in [5.41, 5.74) is 0.827. The van der Waals surface area contributed by atoms with Gasteiger partial charge in [-0.1, -0.05) is 36.8 Å². The normalized spacial score (nSPS) is 39.3. The zero-order valence-electron chi connectivity index (χ0n) is 14.5. The van der Waals surface area contributed by atoms with Crippen molar-refractivity contribution in [2.75, 3.05) is 19.6 Å². The smallest absolute Gasteiger partial charge is 0.0970 e. The van der Waals surface area contributed by atoms with Crippen LogP contribution in [0.15, 0.2) is 30.3 Å². The van der Waals surface area contributed by atoms with Gasteiger partial charge in [-0.15, -0.1) is 12.4 Å². The van der Waals surface area contributed by atoms with Crippen LogP contribution in [0.25, 0.3) is 0 Å². The number of likely N-dealkylation sites (tertiary alicyclic amines) is 1. The number of halogens is 1. The van der Waals surface area contributed by atoms with E-state index in [-0.39, 0.29) is 17.8 Å². The highest BCUT2D eigenvalue weighted by Crippen LogP contribution is 2.84. The SMILES string of the molecule is Cl.OC(CCN1CCCCC1)(c1ccccc1)C12CC3CC1C2C3. The van der Waals surface area contributed by atoms with E-state index >= 15 is 0 Å². The monoisotopic (exact) mass is 347 g/mol. The second-order valence-electron chi connectivity index (χ2n) is 8.67. The molecule has 0 amide bonds. The van der Waals surface area contributed by atoms with Crippen molar-refractivity contribution in [3.63, 3.8) is 0 Å². The number of aliphatic hydroxyl groups is 1. The first-order valence-corrected chi connectivity index (χ1v) is 9.74. The molecule has 3 unspecified atom stereocenters. The van der Waals surface area contributed by atoms with Gasteiger partial charge in [0, 0.05) is 12.0 Å². The molecule has 24 heavy (non-hydrogen) atoms. The van der Waals surface area contributed by atoms with Crippen LogP contribution in [0, 0.1) is 23.2 Å². The zero-order chi connectivity index (χ0) is 15.5. The summed E-state index contributed by atoms with van der Waals surface area (Å²) in [4.78, 5) is 2.59. The van der Waals surface area contributed by atoms with Crippen LogP contribution in [0.1, 0.15) is 50.5 Å². The standard InChI is InChI=1S/C21H29NO.ClH/c23-21(17-7-3-1-4-8-17,9-12-22-10-5-2-6-11-22)20-15-16-13-18(20)19(20)14-16;/h1,3-4,7-8,16,18-19,23H,2,5-6,9-15H2;1H. The van der Waals surface area contributed by atoms with Crippen LogP contribution in [-0.2, 0) is 5.60 Å². The maximum Gasteiger partial charge on any atom is 0.0970 e. The summed E-state index contributed by atoms with van der Waals surface area (Å²) in [7, 11) is 0. The Morgan fingerprint density at radius 2 is 1.71 bits per heavy atom. The molecule has 2 nitrogen and oxygen atoms in total. The molecule has 0 spiro atoms. The van der Waals surface area contributed by atoms with E-state index in [0.29, 0.717) is 0 Å². The molecule has 0 radical (unpaired) electrons. The lowest BCUT2D eigenvalue weighted by Crippen LogP contribution is -2.42. The van der Waals surface area contributed by atoms with Crippen molar-refractivity contribution in [1.29, 1.82) is 0 Å². The van der Waals surface area contributed by atoms with Crippen molar-refractivity contribution in [2.24, 2.45) is 23.2 Å². The molecule has 1 aromatic carbocycles. The summed E-state index contributed by atoms with van der Waals surface area (Å²) in [6.07, 6.45) is 9.05. The van der Waals surface area contributed by atoms with Crippen LogP contribution < -0.4 is 0 Å². The van der Waals surface area contributed by atoms with Gasteiger partial charge in [0.05, 0.1) is 5.60 Å². The summed E-state index contributed by atoms with van der Waals surface area (Å²) in [5, 5.41) is 12.0. The van der Waals surface area contributed by atoms with Crippen LogP contribution in [0.5, 0.6) is 0 Å². The van der Waals surface area contributed by atoms with Crippen LogP contribution in [0.4, 0.5) is 0 Å². The Kier molecular flexibility index (Phi) is 4.22. The highest BCUT2D eigenvalue weighted by atomic mass is 35.5. The quantitative estimate of drug-likeness (QED) is 0.862. The Morgan fingerprint density at radius 3 is 2.29 bits per heavy atom. The molecule has 5 fully saturated rings.